The summed E-state index contributed by atoms with van der Waals surface area (Å²) in [4.78, 5) is 26.4. The Morgan fingerprint density at radius 3 is 2.16 bits per heavy atom. The number of nitrogens with one attached hydrogen (secondary N) is 3. The monoisotopic (exact) mass is 428 g/mol. The van der Waals surface area contributed by atoms with Crippen LogP contribution >= 0.6 is 0 Å². The van der Waals surface area contributed by atoms with Crippen LogP contribution in [0.1, 0.15) is 49.7 Å². The van der Waals surface area contributed by atoms with E-state index in [9.17, 15) is 9.59 Å². The molecule has 1 aliphatic heterocycles. The smallest absolute Gasteiger partial charge is 0.322 e. The summed E-state index contributed by atoms with van der Waals surface area (Å²) in [5.74, 6) is 3.52. The maximum Gasteiger partial charge on any atom is 0.322 e. The molecule has 4 bridgehead atoms. The van der Waals surface area contributed by atoms with Crippen molar-refractivity contribution < 1.29 is 24.0 Å². The second kappa shape index (κ2) is 8.01. The van der Waals surface area contributed by atoms with Crippen molar-refractivity contribution in [3.05, 3.63) is 23.3 Å². The number of ether oxygens (including phenoxy) is 2. The van der Waals surface area contributed by atoms with E-state index in [4.69, 9.17) is 9.47 Å². The number of hydrogen-bond acceptors (Lipinski definition) is 4. The molecule has 0 aromatic heterocycles. The molecule has 4 fully saturated rings. The normalized spacial score (nSPS) is 32.8. The number of rotatable bonds is 5. The van der Waals surface area contributed by atoms with Gasteiger partial charge in [0.25, 0.3) is 5.91 Å². The van der Waals surface area contributed by atoms with Crippen molar-refractivity contribution in [2.45, 2.75) is 57.0 Å². The van der Waals surface area contributed by atoms with Crippen LogP contribution in [-0.4, -0.2) is 44.8 Å². The molecule has 1 atom stereocenters. The molecule has 4 aliphatic carbocycles. The summed E-state index contributed by atoms with van der Waals surface area (Å²) >= 11 is 0. The first-order valence-electron chi connectivity index (χ1n) is 11.6. The van der Waals surface area contributed by atoms with Gasteiger partial charge in [-0.1, -0.05) is 0 Å². The molecular formula is C24H34N3O4+. The van der Waals surface area contributed by atoms with Crippen LogP contribution in [0.15, 0.2) is 12.1 Å². The van der Waals surface area contributed by atoms with Crippen LogP contribution in [0.25, 0.3) is 0 Å². The minimum Gasteiger partial charge on any atom is -0.493 e. The molecule has 7 heteroatoms. The van der Waals surface area contributed by atoms with Gasteiger partial charge in [-0.3, -0.25) is 10.1 Å². The molecule has 1 aromatic rings. The van der Waals surface area contributed by atoms with Gasteiger partial charge in [0.05, 0.1) is 20.8 Å². The van der Waals surface area contributed by atoms with Crippen LogP contribution in [0.5, 0.6) is 11.5 Å². The van der Waals surface area contributed by atoms with E-state index < -0.39 is 0 Å². The van der Waals surface area contributed by atoms with Gasteiger partial charge < -0.3 is 19.7 Å². The van der Waals surface area contributed by atoms with Crippen LogP contribution in [0, 0.1) is 17.8 Å². The van der Waals surface area contributed by atoms with Gasteiger partial charge in [-0.2, -0.15) is 0 Å². The SMILES string of the molecule is COc1cc2c(cc1OC)C[NH+](CC(=O)NC(=O)NC13CC4CC(CC(C4)C1)C3)CC2. The molecule has 3 N–H and O–H groups in total. The van der Waals surface area contributed by atoms with Gasteiger partial charge in [-0.05, 0) is 74.0 Å². The molecule has 1 unspecified atom stereocenters. The van der Waals surface area contributed by atoms with Crippen LogP contribution in [-0.2, 0) is 17.8 Å². The molecule has 3 amide bonds. The summed E-state index contributed by atoms with van der Waals surface area (Å²) in [6.45, 7) is 1.88. The highest BCUT2D eigenvalue weighted by Gasteiger charge is 2.51. The maximum atomic E-state index is 12.6. The van der Waals surface area contributed by atoms with E-state index in [1.54, 1.807) is 14.2 Å². The first-order chi connectivity index (χ1) is 14.9. The summed E-state index contributed by atoms with van der Waals surface area (Å²) in [5, 5.41) is 5.84. The lowest BCUT2D eigenvalue weighted by Gasteiger charge is -2.56. The van der Waals surface area contributed by atoms with E-state index in [2.05, 4.69) is 10.6 Å². The number of urea groups is 1. The van der Waals surface area contributed by atoms with E-state index in [0.717, 1.165) is 67.2 Å². The zero-order valence-corrected chi connectivity index (χ0v) is 18.6. The van der Waals surface area contributed by atoms with Crippen LogP contribution in [0.3, 0.4) is 0 Å². The fourth-order valence-electron chi connectivity index (χ4n) is 7.11. The number of quaternary nitrogens is 1. The Balaban J connectivity index is 1.16. The van der Waals surface area contributed by atoms with Crippen molar-refractivity contribution in [1.82, 2.24) is 10.6 Å². The Kier molecular flexibility index (Phi) is 5.32. The molecule has 1 heterocycles. The molecule has 1 aromatic carbocycles. The highest BCUT2D eigenvalue weighted by molar-refractivity contribution is 5.95. The van der Waals surface area contributed by atoms with E-state index >= 15 is 0 Å². The number of amides is 3. The predicted octanol–water partition coefficient (Wildman–Crippen LogP) is 1.44. The van der Waals surface area contributed by atoms with Crippen LogP contribution in [0.4, 0.5) is 4.79 Å². The molecule has 6 rings (SSSR count). The zero-order chi connectivity index (χ0) is 21.6. The van der Waals surface area contributed by atoms with E-state index in [1.807, 2.05) is 12.1 Å². The van der Waals surface area contributed by atoms with Crippen LogP contribution in [0.2, 0.25) is 0 Å². The first-order valence-corrected chi connectivity index (χ1v) is 11.6. The Bertz CT molecular complexity index is 849. The number of imide groups is 1. The largest absolute Gasteiger partial charge is 0.493 e. The van der Waals surface area contributed by atoms with Crippen molar-refractivity contribution >= 4 is 11.9 Å². The van der Waals surface area contributed by atoms with E-state index in [-0.39, 0.29) is 17.5 Å². The topological polar surface area (TPSA) is 81.1 Å². The molecule has 4 saturated carbocycles. The van der Waals surface area contributed by atoms with Crippen molar-refractivity contribution in [1.29, 1.82) is 0 Å². The Labute approximate surface area is 183 Å². The third-order valence-corrected chi connectivity index (χ3v) is 7.97. The molecule has 168 valence electrons. The Morgan fingerprint density at radius 2 is 1.58 bits per heavy atom. The average molecular weight is 429 g/mol. The third-order valence-electron chi connectivity index (χ3n) is 7.97. The molecule has 5 aliphatic rings. The number of hydrogen-bond donors (Lipinski definition) is 3. The summed E-state index contributed by atoms with van der Waals surface area (Å²) in [6.07, 6.45) is 8.12. The summed E-state index contributed by atoms with van der Waals surface area (Å²) in [7, 11) is 3.27. The summed E-state index contributed by atoms with van der Waals surface area (Å²) in [6, 6.07) is 3.73. The minimum absolute atomic E-state index is 0.0777. The Morgan fingerprint density at radius 1 is 1.00 bits per heavy atom. The van der Waals surface area contributed by atoms with Gasteiger partial charge in [0.2, 0.25) is 0 Å². The number of benzene rings is 1. The van der Waals surface area contributed by atoms with Gasteiger partial charge in [0.15, 0.2) is 18.0 Å². The second-order valence-electron chi connectivity index (χ2n) is 10.3. The molecule has 31 heavy (non-hydrogen) atoms. The zero-order valence-electron chi connectivity index (χ0n) is 18.6. The number of carbonyl (C=O) groups is 2. The lowest BCUT2D eigenvalue weighted by Crippen LogP contribution is -3.13. The fraction of sp³-hybridized carbons (Fsp3) is 0.667. The van der Waals surface area contributed by atoms with Crippen molar-refractivity contribution in [3.8, 4) is 11.5 Å². The molecule has 0 spiro atoms. The van der Waals surface area contributed by atoms with Crippen LogP contribution < -0.4 is 25.0 Å². The second-order valence-corrected chi connectivity index (χ2v) is 10.3. The van der Waals surface area contributed by atoms with Gasteiger partial charge in [-0.25, -0.2) is 4.79 Å². The third kappa shape index (κ3) is 4.12. The van der Waals surface area contributed by atoms with Gasteiger partial charge in [0, 0.05) is 17.5 Å². The average Bonchev–Trinajstić information content (AvgIpc) is 2.70. The number of fused-ring (bicyclic) bond motifs is 1. The van der Waals surface area contributed by atoms with Gasteiger partial charge in [0.1, 0.15) is 6.54 Å². The standard InChI is InChI=1S/C24H33N3O4/c1-30-20-8-18-3-4-27(13-19(18)9-21(20)31-2)14-22(28)25-23(29)26-24-10-15-5-16(11-24)7-17(6-15)12-24/h8-9,15-17H,3-7,10-14H2,1-2H3,(H2,25,26,28,29)/p+1. The summed E-state index contributed by atoms with van der Waals surface area (Å²) in [5.41, 5.74) is 2.33. The lowest BCUT2D eigenvalue weighted by atomic mass is 9.53. The molecule has 7 nitrogen and oxygen atoms in total. The van der Waals surface area contributed by atoms with Crippen molar-refractivity contribution in [3.63, 3.8) is 0 Å². The predicted molar refractivity (Wildman–Crippen MR) is 115 cm³/mol. The molecule has 0 saturated heterocycles. The van der Waals surface area contributed by atoms with Gasteiger partial charge >= 0.3 is 6.03 Å². The minimum atomic E-state index is -0.310. The van der Waals surface area contributed by atoms with Crippen molar-refractivity contribution in [2.75, 3.05) is 27.3 Å². The first kappa shape index (κ1) is 20.6. The number of carbonyl (C=O) groups excluding carboxylic acids is 2. The van der Waals surface area contributed by atoms with Crippen molar-refractivity contribution in [2.24, 2.45) is 17.8 Å². The quantitative estimate of drug-likeness (QED) is 0.663. The lowest BCUT2D eigenvalue weighted by molar-refractivity contribution is -0.908. The van der Waals surface area contributed by atoms with Gasteiger partial charge in [-0.15, -0.1) is 0 Å². The molecule has 0 radical (unpaired) electrons. The summed E-state index contributed by atoms with van der Waals surface area (Å²) < 4.78 is 10.8. The Hall–Kier alpha value is -2.28. The number of methoxy groups -OCH3 is 2. The molecular weight excluding hydrogens is 394 g/mol. The van der Waals surface area contributed by atoms with E-state index in [0.29, 0.717) is 12.3 Å². The maximum absolute atomic E-state index is 12.6. The fourth-order valence-corrected chi connectivity index (χ4v) is 7.11. The van der Waals surface area contributed by atoms with E-state index in [1.165, 1.54) is 30.4 Å². The highest BCUT2D eigenvalue weighted by atomic mass is 16.5. The highest BCUT2D eigenvalue weighted by Crippen LogP contribution is 2.55.